The number of benzene rings is 2. The Morgan fingerprint density at radius 2 is 1.69 bits per heavy atom. The quantitative estimate of drug-likeness (QED) is 0.494. The third-order valence-electron chi connectivity index (χ3n) is 5.85. The molecule has 1 fully saturated rings. The molecule has 1 heterocycles. The van der Waals surface area contributed by atoms with Crippen LogP contribution in [0, 0.1) is 0 Å². The van der Waals surface area contributed by atoms with Gasteiger partial charge in [0.05, 0.1) is 0 Å². The molecule has 1 aliphatic heterocycles. The first-order valence-electron chi connectivity index (χ1n) is 11.6. The largest absolute Gasteiger partial charge is 0.356 e. The second kappa shape index (κ2) is 12.2. The van der Waals surface area contributed by atoms with Crippen molar-refractivity contribution in [1.29, 1.82) is 0 Å². The molecule has 1 aliphatic rings. The van der Waals surface area contributed by atoms with Crippen molar-refractivity contribution in [1.82, 2.24) is 20.4 Å². The molecule has 0 bridgehead atoms. The maximum Gasteiger partial charge on any atom is 0.253 e. The van der Waals surface area contributed by atoms with Gasteiger partial charge in [-0.1, -0.05) is 42.8 Å². The molecule has 0 atom stereocenters. The van der Waals surface area contributed by atoms with E-state index in [1.807, 2.05) is 18.2 Å². The highest BCUT2D eigenvalue weighted by molar-refractivity contribution is 5.94. The number of piperidine rings is 1. The van der Waals surface area contributed by atoms with Crippen molar-refractivity contribution in [2.24, 2.45) is 4.99 Å². The van der Waals surface area contributed by atoms with Crippen LogP contribution in [0.2, 0.25) is 0 Å². The number of carbonyl (C=O) groups excluding carboxylic acids is 1. The average molecular weight is 436 g/mol. The lowest BCUT2D eigenvalue weighted by Gasteiger charge is -2.26. The van der Waals surface area contributed by atoms with Crippen LogP contribution in [0.4, 0.5) is 0 Å². The SMILES string of the molecule is CN=C(NCCc1cccc(C(=O)N(C)C)c1)NCc1ccc(CN2CCCCC2)cc1. The van der Waals surface area contributed by atoms with E-state index >= 15 is 0 Å². The number of hydrogen-bond donors (Lipinski definition) is 2. The fraction of sp³-hybridized carbons (Fsp3) is 0.462. The maximum atomic E-state index is 12.1. The molecular formula is C26H37N5O. The lowest BCUT2D eigenvalue weighted by molar-refractivity contribution is 0.0827. The first-order valence-corrected chi connectivity index (χ1v) is 11.6. The summed E-state index contributed by atoms with van der Waals surface area (Å²) >= 11 is 0. The van der Waals surface area contributed by atoms with Gasteiger partial charge in [-0.05, 0) is 61.2 Å². The van der Waals surface area contributed by atoms with E-state index in [1.54, 1.807) is 26.0 Å². The molecule has 0 aromatic heterocycles. The van der Waals surface area contributed by atoms with Crippen molar-refractivity contribution < 1.29 is 4.79 Å². The van der Waals surface area contributed by atoms with Gasteiger partial charge in [-0.3, -0.25) is 14.7 Å². The van der Waals surface area contributed by atoms with Gasteiger partial charge in [0.1, 0.15) is 0 Å². The molecule has 1 amide bonds. The molecule has 0 saturated carbocycles. The highest BCUT2D eigenvalue weighted by atomic mass is 16.2. The van der Waals surface area contributed by atoms with E-state index in [4.69, 9.17) is 0 Å². The smallest absolute Gasteiger partial charge is 0.253 e. The summed E-state index contributed by atoms with van der Waals surface area (Å²) < 4.78 is 0. The van der Waals surface area contributed by atoms with Crippen LogP contribution in [0.15, 0.2) is 53.5 Å². The summed E-state index contributed by atoms with van der Waals surface area (Å²) in [7, 11) is 5.33. The minimum Gasteiger partial charge on any atom is -0.356 e. The minimum atomic E-state index is 0.0271. The lowest BCUT2D eigenvalue weighted by atomic mass is 10.1. The Hall–Kier alpha value is -2.86. The van der Waals surface area contributed by atoms with Crippen LogP contribution in [-0.2, 0) is 19.5 Å². The molecule has 0 spiro atoms. The molecule has 6 heteroatoms. The summed E-state index contributed by atoms with van der Waals surface area (Å²) in [6.07, 6.45) is 4.85. The Labute approximate surface area is 192 Å². The molecule has 0 aliphatic carbocycles. The fourth-order valence-electron chi connectivity index (χ4n) is 3.99. The van der Waals surface area contributed by atoms with Crippen molar-refractivity contribution in [2.45, 2.75) is 38.8 Å². The Bertz CT molecular complexity index is 885. The highest BCUT2D eigenvalue weighted by Gasteiger charge is 2.10. The van der Waals surface area contributed by atoms with E-state index in [2.05, 4.69) is 50.9 Å². The summed E-state index contributed by atoms with van der Waals surface area (Å²) in [5.74, 6) is 0.808. The van der Waals surface area contributed by atoms with Crippen LogP contribution in [-0.4, -0.2) is 62.4 Å². The second-order valence-electron chi connectivity index (χ2n) is 8.66. The fourth-order valence-corrected chi connectivity index (χ4v) is 3.99. The van der Waals surface area contributed by atoms with Crippen molar-refractivity contribution in [2.75, 3.05) is 40.8 Å². The number of aliphatic imine (C=N–C) groups is 1. The molecular weight excluding hydrogens is 398 g/mol. The number of carbonyl (C=O) groups is 1. The number of rotatable bonds is 8. The Morgan fingerprint density at radius 3 is 2.38 bits per heavy atom. The monoisotopic (exact) mass is 435 g/mol. The van der Waals surface area contributed by atoms with Gasteiger partial charge in [0.15, 0.2) is 5.96 Å². The van der Waals surface area contributed by atoms with Crippen LogP contribution in [0.3, 0.4) is 0 Å². The number of guanidine groups is 1. The summed E-state index contributed by atoms with van der Waals surface area (Å²) in [5.41, 5.74) is 4.47. The molecule has 3 rings (SSSR count). The first kappa shape index (κ1) is 23.8. The van der Waals surface area contributed by atoms with Crippen molar-refractivity contribution >= 4 is 11.9 Å². The van der Waals surface area contributed by atoms with Gasteiger partial charge < -0.3 is 15.5 Å². The van der Waals surface area contributed by atoms with Gasteiger partial charge in [0.25, 0.3) is 5.91 Å². The molecule has 0 unspecified atom stereocenters. The zero-order valence-corrected chi connectivity index (χ0v) is 19.7. The van der Waals surface area contributed by atoms with E-state index in [0.29, 0.717) is 0 Å². The lowest BCUT2D eigenvalue weighted by Crippen LogP contribution is -2.37. The Kier molecular flexibility index (Phi) is 9.11. The van der Waals surface area contributed by atoms with Gasteiger partial charge >= 0.3 is 0 Å². The molecule has 32 heavy (non-hydrogen) atoms. The zero-order valence-electron chi connectivity index (χ0n) is 19.7. The van der Waals surface area contributed by atoms with Crippen molar-refractivity contribution in [3.8, 4) is 0 Å². The van der Waals surface area contributed by atoms with E-state index in [1.165, 1.54) is 43.5 Å². The summed E-state index contributed by atoms with van der Waals surface area (Å²) in [5, 5.41) is 6.75. The van der Waals surface area contributed by atoms with Crippen LogP contribution in [0.1, 0.15) is 46.3 Å². The molecule has 2 aromatic carbocycles. The number of nitrogens with one attached hydrogen (secondary N) is 2. The maximum absolute atomic E-state index is 12.1. The molecule has 1 saturated heterocycles. The molecule has 6 nitrogen and oxygen atoms in total. The normalized spacial score (nSPS) is 14.8. The highest BCUT2D eigenvalue weighted by Crippen LogP contribution is 2.13. The third kappa shape index (κ3) is 7.38. The number of amides is 1. The van der Waals surface area contributed by atoms with Crippen LogP contribution >= 0.6 is 0 Å². The summed E-state index contributed by atoms with van der Waals surface area (Å²) in [6.45, 7) is 4.98. The predicted molar refractivity (Wildman–Crippen MR) is 132 cm³/mol. The number of hydrogen-bond acceptors (Lipinski definition) is 3. The van der Waals surface area contributed by atoms with Gasteiger partial charge in [-0.2, -0.15) is 0 Å². The molecule has 2 N–H and O–H groups in total. The van der Waals surface area contributed by atoms with Gasteiger partial charge in [-0.15, -0.1) is 0 Å². The Morgan fingerprint density at radius 1 is 0.969 bits per heavy atom. The van der Waals surface area contributed by atoms with Gasteiger partial charge in [0.2, 0.25) is 0 Å². The van der Waals surface area contributed by atoms with E-state index in [9.17, 15) is 4.79 Å². The average Bonchev–Trinajstić information content (AvgIpc) is 2.82. The molecule has 0 radical (unpaired) electrons. The Balaban J connectivity index is 1.42. The summed E-state index contributed by atoms with van der Waals surface area (Å²) in [4.78, 5) is 20.6. The van der Waals surface area contributed by atoms with Crippen molar-refractivity contribution in [3.63, 3.8) is 0 Å². The molecule has 172 valence electrons. The van der Waals surface area contributed by atoms with Crippen LogP contribution in [0.5, 0.6) is 0 Å². The molecule has 2 aromatic rings. The van der Waals surface area contributed by atoms with Gasteiger partial charge in [-0.25, -0.2) is 0 Å². The number of likely N-dealkylation sites (tertiary alicyclic amines) is 1. The second-order valence-corrected chi connectivity index (χ2v) is 8.66. The first-order chi connectivity index (χ1) is 15.5. The van der Waals surface area contributed by atoms with Gasteiger partial charge in [0, 0.05) is 46.3 Å². The number of nitrogens with zero attached hydrogens (tertiary/aromatic N) is 3. The zero-order chi connectivity index (χ0) is 22.8. The van der Waals surface area contributed by atoms with E-state index in [-0.39, 0.29) is 5.91 Å². The summed E-state index contributed by atoms with van der Waals surface area (Å²) in [6, 6.07) is 16.7. The topological polar surface area (TPSA) is 60.0 Å². The van der Waals surface area contributed by atoms with Crippen LogP contribution < -0.4 is 10.6 Å². The predicted octanol–water partition coefficient (Wildman–Crippen LogP) is 3.28. The van der Waals surface area contributed by atoms with E-state index < -0.39 is 0 Å². The third-order valence-corrected chi connectivity index (χ3v) is 5.85. The minimum absolute atomic E-state index is 0.0271. The van der Waals surface area contributed by atoms with E-state index in [0.717, 1.165) is 43.1 Å². The van der Waals surface area contributed by atoms with Crippen LogP contribution in [0.25, 0.3) is 0 Å². The standard InChI is InChI=1S/C26H37N5O/c1-27-26(28-15-14-21-8-7-9-24(18-21)25(32)30(2)3)29-19-22-10-12-23(13-11-22)20-31-16-5-4-6-17-31/h7-13,18H,4-6,14-17,19-20H2,1-3H3,(H2,27,28,29). The van der Waals surface area contributed by atoms with Crippen molar-refractivity contribution in [3.05, 3.63) is 70.8 Å².